The Hall–Kier alpha value is -1.69. The van der Waals surface area contributed by atoms with Crippen LogP contribution in [0.5, 0.6) is 0 Å². The van der Waals surface area contributed by atoms with Crippen molar-refractivity contribution in [1.29, 1.82) is 0 Å². The molecular formula is C21H29Cl2N3O2. The van der Waals surface area contributed by atoms with Crippen molar-refractivity contribution in [1.82, 2.24) is 10.2 Å². The van der Waals surface area contributed by atoms with E-state index in [1.165, 1.54) is 11.3 Å². The summed E-state index contributed by atoms with van der Waals surface area (Å²) in [6.07, 6.45) is 3.75. The van der Waals surface area contributed by atoms with Crippen LogP contribution in [0.15, 0.2) is 41.0 Å². The molecule has 4 rings (SSSR count). The summed E-state index contributed by atoms with van der Waals surface area (Å²) >= 11 is 0. The summed E-state index contributed by atoms with van der Waals surface area (Å²) < 4.78 is 5.74. The summed E-state index contributed by atoms with van der Waals surface area (Å²) in [5.41, 5.74) is 3.34. The van der Waals surface area contributed by atoms with Gasteiger partial charge in [0.15, 0.2) is 0 Å². The number of likely N-dealkylation sites (tertiary alicyclic amines) is 1. The van der Waals surface area contributed by atoms with Crippen molar-refractivity contribution in [2.24, 2.45) is 5.92 Å². The Balaban J connectivity index is 0.00000140. The van der Waals surface area contributed by atoms with Gasteiger partial charge in [0.05, 0.1) is 18.4 Å². The summed E-state index contributed by atoms with van der Waals surface area (Å²) in [5, 5.41) is 3.21. The third kappa shape index (κ3) is 4.32. The average Bonchev–Trinajstić information content (AvgIpc) is 3.35. The molecule has 1 aromatic carbocycles. The minimum Gasteiger partial charge on any atom is -0.467 e. The normalized spacial score (nSPS) is 20.5. The van der Waals surface area contributed by atoms with Crippen molar-refractivity contribution < 1.29 is 9.21 Å². The summed E-state index contributed by atoms with van der Waals surface area (Å²) in [6, 6.07) is 10.7. The number of furan rings is 1. The third-order valence-corrected chi connectivity index (χ3v) is 5.70. The predicted molar refractivity (Wildman–Crippen MR) is 117 cm³/mol. The highest BCUT2D eigenvalue weighted by molar-refractivity contribution is 5.95. The molecule has 0 saturated carbocycles. The van der Waals surface area contributed by atoms with Crippen molar-refractivity contribution in [2.45, 2.75) is 32.4 Å². The SMILES string of the molecule is CNCC1CCN(C(=O)c2ccoc2CN2c3ccccc3CC2C)C1.Cl.Cl. The predicted octanol–water partition coefficient (Wildman–Crippen LogP) is 3.76. The minimum atomic E-state index is 0. The highest BCUT2D eigenvalue weighted by Gasteiger charge is 2.31. The van der Waals surface area contributed by atoms with Crippen molar-refractivity contribution in [3.05, 3.63) is 53.5 Å². The van der Waals surface area contributed by atoms with Gasteiger partial charge in [0.25, 0.3) is 5.91 Å². The molecule has 0 aliphatic carbocycles. The maximum absolute atomic E-state index is 13.0. The standard InChI is InChI=1S/C21H27N3O2.2ClH/c1-15-11-17-5-3-4-6-19(17)24(15)14-20-18(8-10-26-20)21(25)23-9-7-16(13-23)12-22-2;;/h3-6,8,10,15-16,22H,7,9,11-14H2,1-2H3;2*1H. The van der Waals surface area contributed by atoms with E-state index >= 15 is 0 Å². The van der Waals surface area contributed by atoms with Crippen molar-refractivity contribution in [2.75, 3.05) is 31.6 Å². The van der Waals surface area contributed by atoms with Crippen LogP contribution in [0.1, 0.15) is 35.0 Å². The number of nitrogens with one attached hydrogen (secondary N) is 1. The maximum atomic E-state index is 13.0. The van der Waals surface area contributed by atoms with Crippen molar-refractivity contribution >= 4 is 36.4 Å². The summed E-state index contributed by atoms with van der Waals surface area (Å²) in [7, 11) is 1.97. The molecule has 0 bridgehead atoms. The zero-order chi connectivity index (χ0) is 18.1. The molecule has 0 spiro atoms. The van der Waals surface area contributed by atoms with Gasteiger partial charge in [0, 0.05) is 24.8 Å². The van der Waals surface area contributed by atoms with Crippen LogP contribution < -0.4 is 10.2 Å². The zero-order valence-corrected chi connectivity index (χ0v) is 18.0. The Morgan fingerprint density at radius 1 is 1.25 bits per heavy atom. The lowest BCUT2D eigenvalue weighted by atomic mass is 10.1. The average molecular weight is 426 g/mol. The van der Waals surface area contributed by atoms with Crippen LogP contribution in [-0.4, -0.2) is 43.5 Å². The zero-order valence-electron chi connectivity index (χ0n) is 16.4. The molecule has 154 valence electrons. The van der Waals surface area contributed by atoms with E-state index in [9.17, 15) is 4.79 Å². The van der Waals surface area contributed by atoms with Crippen LogP contribution in [0.3, 0.4) is 0 Å². The van der Waals surface area contributed by atoms with Crippen LogP contribution in [0.25, 0.3) is 0 Å². The highest BCUT2D eigenvalue weighted by Crippen LogP contribution is 2.34. The quantitative estimate of drug-likeness (QED) is 0.791. The first kappa shape index (κ1) is 22.6. The number of fused-ring (bicyclic) bond motifs is 1. The van der Waals surface area contributed by atoms with Gasteiger partial charge in [-0.1, -0.05) is 18.2 Å². The number of benzene rings is 1. The first-order chi connectivity index (χ1) is 12.7. The van der Waals surface area contributed by atoms with Crippen LogP contribution in [0.4, 0.5) is 5.69 Å². The molecule has 2 aliphatic heterocycles. The maximum Gasteiger partial charge on any atom is 0.257 e. The lowest BCUT2D eigenvalue weighted by molar-refractivity contribution is 0.0785. The largest absolute Gasteiger partial charge is 0.467 e. The molecule has 0 radical (unpaired) electrons. The molecular weight excluding hydrogens is 397 g/mol. The van der Waals surface area contributed by atoms with Crippen LogP contribution in [-0.2, 0) is 13.0 Å². The number of amides is 1. The molecule has 1 saturated heterocycles. The van der Waals surface area contributed by atoms with E-state index in [0.717, 1.165) is 38.2 Å². The van der Waals surface area contributed by atoms with E-state index in [1.54, 1.807) is 6.26 Å². The second-order valence-corrected chi connectivity index (χ2v) is 7.53. The first-order valence-corrected chi connectivity index (χ1v) is 9.52. The van der Waals surface area contributed by atoms with E-state index in [2.05, 4.69) is 41.4 Å². The van der Waals surface area contributed by atoms with E-state index in [-0.39, 0.29) is 30.7 Å². The Labute approximate surface area is 179 Å². The molecule has 7 heteroatoms. The number of hydrogen-bond acceptors (Lipinski definition) is 4. The monoisotopic (exact) mass is 425 g/mol. The molecule has 5 nitrogen and oxygen atoms in total. The second-order valence-electron chi connectivity index (χ2n) is 7.53. The van der Waals surface area contributed by atoms with Gasteiger partial charge >= 0.3 is 0 Å². The first-order valence-electron chi connectivity index (χ1n) is 9.52. The number of carbonyl (C=O) groups excluding carboxylic acids is 1. The Bertz CT molecular complexity index is 795. The molecule has 2 aliphatic rings. The Morgan fingerprint density at radius 2 is 2.04 bits per heavy atom. The van der Waals surface area contributed by atoms with Gasteiger partial charge in [-0.05, 0) is 57.0 Å². The number of nitrogens with zero attached hydrogens (tertiary/aromatic N) is 2. The smallest absolute Gasteiger partial charge is 0.257 e. The minimum absolute atomic E-state index is 0. The molecule has 1 amide bonds. The molecule has 2 aromatic rings. The van der Waals surface area contributed by atoms with E-state index < -0.39 is 0 Å². The number of anilines is 1. The van der Waals surface area contributed by atoms with Crippen LogP contribution in [0, 0.1) is 5.92 Å². The van der Waals surface area contributed by atoms with E-state index in [4.69, 9.17) is 4.42 Å². The summed E-state index contributed by atoms with van der Waals surface area (Å²) in [4.78, 5) is 17.3. The molecule has 28 heavy (non-hydrogen) atoms. The van der Waals surface area contributed by atoms with E-state index in [0.29, 0.717) is 24.1 Å². The summed E-state index contributed by atoms with van der Waals surface area (Å²) in [5.74, 6) is 1.42. The molecule has 1 N–H and O–H groups in total. The Kier molecular flexibility index (Phi) is 7.81. The van der Waals surface area contributed by atoms with Gasteiger partial charge in [-0.3, -0.25) is 4.79 Å². The fraction of sp³-hybridized carbons (Fsp3) is 0.476. The third-order valence-electron chi connectivity index (χ3n) is 5.70. The van der Waals surface area contributed by atoms with Crippen LogP contribution in [0.2, 0.25) is 0 Å². The molecule has 1 fully saturated rings. The van der Waals surface area contributed by atoms with Gasteiger partial charge in [0.2, 0.25) is 0 Å². The van der Waals surface area contributed by atoms with E-state index in [1.807, 2.05) is 18.0 Å². The molecule has 1 aromatic heterocycles. The van der Waals surface area contributed by atoms with Crippen molar-refractivity contribution in [3.63, 3.8) is 0 Å². The molecule has 2 atom stereocenters. The van der Waals surface area contributed by atoms with Gasteiger partial charge in [0.1, 0.15) is 5.76 Å². The number of rotatable bonds is 5. The fourth-order valence-electron chi connectivity index (χ4n) is 4.32. The number of para-hydroxylation sites is 1. The lowest BCUT2D eigenvalue weighted by Crippen LogP contribution is -2.32. The Morgan fingerprint density at radius 3 is 2.82 bits per heavy atom. The topological polar surface area (TPSA) is 48.7 Å². The van der Waals surface area contributed by atoms with Gasteiger partial charge in [-0.2, -0.15) is 0 Å². The number of halogens is 2. The molecule has 2 unspecified atom stereocenters. The lowest BCUT2D eigenvalue weighted by Gasteiger charge is -2.24. The molecule has 3 heterocycles. The van der Waals surface area contributed by atoms with Crippen LogP contribution >= 0.6 is 24.8 Å². The highest BCUT2D eigenvalue weighted by atomic mass is 35.5. The second kappa shape index (κ2) is 9.68. The number of hydrogen-bond donors (Lipinski definition) is 1. The van der Waals surface area contributed by atoms with Gasteiger partial charge in [-0.25, -0.2) is 0 Å². The summed E-state index contributed by atoms with van der Waals surface area (Å²) in [6.45, 7) is 5.49. The fourth-order valence-corrected chi connectivity index (χ4v) is 4.32. The van der Waals surface area contributed by atoms with Gasteiger partial charge < -0.3 is 19.5 Å². The number of carbonyl (C=O) groups is 1. The van der Waals surface area contributed by atoms with Crippen molar-refractivity contribution in [3.8, 4) is 0 Å². The van der Waals surface area contributed by atoms with Gasteiger partial charge in [-0.15, -0.1) is 24.8 Å².